The highest BCUT2D eigenvalue weighted by Gasteiger charge is 2.30. The minimum absolute atomic E-state index is 0.254. The van der Waals surface area contributed by atoms with Crippen LogP contribution in [0.2, 0.25) is 0 Å². The Hall–Kier alpha value is -2.58. The molecular weight excluding hydrogens is 468 g/mol. The highest BCUT2D eigenvalue weighted by atomic mass is 79.9. The van der Waals surface area contributed by atoms with E-state index in [9.17, 15) is 9.59 Å². The van der Waals surface area contributed by atoms with Crippen LogP contribution in [-0.2, 0) is 15.3 Å². The van der Waals surface area contributed by atoms with Crippen LogP contribution in [0, 0.1) is 0 Å². The standard InChI is InChI=1S/C22H21BrN2O4S/c1-3-29-21(28)18-13(2)24-22(25-19(18)16-5-4-6-17(23)11-16)30-12-14-7-9-15(10-8-14)20(26)27/h4-11,19H,3,12H2,1-2H3,(H,24,25)(H,26,27)/t19-/m1/s1. The summed E-state index contributed by atoms with van der Waals surface area (Å²) in [6, 6.07) is 14.0. The van der Waals surface area contributed by atoms with Gasteiger partial charge in [-0.15, -0.1) is 0 Å². The quantitative estimate of drug-likeness (QED) is 0.561. The summed E-state index contributed by atoms with van der Waals surface area (Å²) in [5.41, 5.74) is 3.32. The highest BCUT2D eigenvalue weighted by molar-refractivity contribution is 9.10. The number of esters is 1. The van der Waals surface area contributed by atoms with Crippen LogP contribution in [0.3, 0.4) is 0 Å². The molecule has 0 radical (unpaired) electrons. The number of aromatic carboxylic acids is 1. The summed E-state index contributed by atoms with van der Waals surface area (Å²) in [6.07, 6.45) is 0. The zero-order chi connectivity index (χ0) is 21.7. The van der Waals surface area contributed by atoms with Gasteiger partial charge < -0.3 is 15.2 Å². The van der Waals surface area contributed by atoms with E-state index in [1.165, 1.54) is 11.8 Å². The Morgan fingerprint density at radius 1 is 1.23 bits per heavy atom. The van der Waals surface area contributed by atoms with Gasteiger partial charge in [-0.25, -0.2) is 14.6 Å². The first-order valence-electron chi connectivity index (χ1n) is 9.32. The molecule has 0 spiro atoms. The van der Waals surface area contributed by atoms with E-state index in [-0.39, 0.29) is 11.5 Å². The molecule has 0 saturated carbocycles. The van der Waals surface area contributed by atoms with Crippen molar-refractivity contribution >= 4 is 44.8 Å². The normalized spacial score (nSPS) is 16.0. The maximum absolute atomic E-state index is 12.6. The number of amidine groups is 1. The first kappa shape index (κ1) is 22.1. The average Bonchev–Trinajstić information content (AvgIpc) is 2.72. The second kappa shape index (κ2) is 9.95. The zero-order valence-corrected chi connectivity index (χ0v) is 18.9. The molecule has 1 atom stereocenters. The number of rotatable bonds is 6. The number of allylic oxidation sites excluding steroid dienone is 1. The summed E-state index contributed by atoms with van der Waals surface area (Å²) < 4.78 is 6.16. The number of ether oxygens (including phenoxy) is 1. The minimum atomic E-state index is -0.948. The van der Waals surface area contributed by atoms with Gasteiger partial charge in [0, 0.05) is 15.9 Å². The van der Waals surface area contributed by atoms with Crippen LogP contribution in [0.15, 0.2) is 69.3 Å². The molecule has 2 aromatic carbocycles. The molecule has 8 heteroatoms. The topological polar surface area (TPSA) is 88.0 Å². The van der Waals surface area contributed by atoms with Crippen molar-refractivity contribution < 1.29 is 19.4 Å². The summed E-state index contributed by atoms with van der Waals surface area (Å²) in [6.45, 7) is 3.91. The number of carboxylic acid groups (broad SMARTS) is 1. The molecule has 0 bridgehead atoms. The number of nitrogens with zero attached hydrogens (tertiary/aromatic N) is 1. The van der Waals surface area contributed by atoms with Crippen molar-refractivity contribution in [2.24, 2.45) is 4.99 Å². The molecule has 1 aliphatic heterocycles. The lowest BCUT2D eigenvalue weighted by molar-refractivity contribution is -0.138. The fourth-order valence-electron chi connectivity index (χ4n) is 3.01. The molecule has 1 heterocycles. The minimum Gasteiger partial charge on any atom is -0.478 e. The molecule has 156 valence electrons. The Balaban J connectivity index is 1.84. The van der Waals surface area contributed by atoms with Crippen molar-refractivity contribution in [1.82, 2.24) is 5.32 Å². The van der Waals surface area contributed by atoms with Crippen LogP contribution < -0.4 is 5.32 Å². The predicted molar refractivity (Wildman–Crippen MR) is 121 cm³/mol. The number of carboxylic acids is 1. The first-order chi connectivity index (χ1) is 14.4. The molecule has 0 amide bonds. The van der Waals surface area contributed by atoms with E-state index in [1.807, 2.05) is 31.2 Å². The predicted octanol–water partition coefficient (Wildman–Crippen LogP) is 4.92. The summed E-state index contributed by atoms with van der Waals surface area (Å²) in [7, 11) is 0. The van der Waals surface area contributed by atoms with Gasteiger partial charge in [0.05, 0.1) is 17.7 Å². The van der Waals surface area contributed by atoms with E-state index in [1.54, 1.807) is 31.2 Å². The van der Waals surface area contributed by atoms with Crippen molar-refractivity contribution in [3.8, 4) is 0 Å². The van der Waals surface area contributed by atoms with E-state index in [0.29, 0.717) is 28.8 Å². The van der Waals surface area contributed by atoms with Crippen molar-refractivity contribution in [2.45, 2.75) is 25.6 Å². The monoisotopic (exact) mass is 488 g/mol. The zero-order valence-electron chi connectivity index (χ0n) is 16.5. The van der Waals surface area contributed by atoms with Crippen molar-refractivity contribution in [2.75, 3.05) is 6.61 Å². The number of benzene rings is 2. The maximum atomic E-state index is 12.6. The Labute approximate surface area is 187 Å². The van der Waals surface area contributed by atoms with Gasteiger partial charge in [0.25, 0.3) is 0 Å². The molecule has 0 aliphatic carbocycles. The average molecular weight is 489 g/mol. The van der Waals surface area contributed by atoms with Gasteiger partial charge in [0.1, 0.15) is 6.04 Å². The van der Waals surface area contributed by atoms with E-state index in [4.69, 9.17) is 14.8 Å². The Morgan fingerprint density at radius 2 is 1.97 bits per heavy atom. The Morgan fingerprint density at radius 3 is 2.60 bits per heavy atom. The number of nitrogens with one attached hydrogen (secondary N) is 1. The summed E-state index contributed by atoms with van der Waals surface area (Å²) in [5, 5.41) is 12.9. The van der Waals surface area contributed by atoms with Gasteiger partial charge in [-0.2, -0.15) is 0 Å². The van der Waals surface area contributed by atoms with Gasteiger partial charge in [-0.05, 0) is 49.2 Å². The number of thioether (sulfide) groups is 1. The van der Waals surface area contributed by atoms with Crippen LogP contribution in [-0.4, -0.2) is 28.8 Å². The molecule has 30 heavy (non-hydrogen) atoms. The van der Waals surface area contributed by atoms with Gasteiger partial charge in [-0.3, -0.25) is 0 Å². The van der Waals surface area contributed by atoms with Crippen molar-refractivity contribution in [3.63, 3.8) is 0 Å². The summed E-state index contributed by atoms with van der Waals surface area (Å²) in [4.78, 5) is 28.4. The van der Waals surface area contributed by atoms with Gasteiger partial charge in [-0.1, -0.05) is 52.0 Å². The molecule has 6 nitrogen and oxygen atoms in total. The smallest absolute Gasteiger partial charge is 0.338 e. The van der Waals surface area contributed by atoms with Crippen LogP contribution in [0.4, 0.5) is 0 Å². The van der Waals surface area contributed by atoms with Crippen LogP contribution >= 0.6 is 27.7 Å². The van der Waals surface area contributed by atoms with Crippen LogP contribution in [0.1, 0.15) is 41.4 Å². The van der Waals surface area contributed by atoms with E-state index in [0.717, 1.165) is 15.6 Å². The molecular formula is C22H21BrN2O4S. The fraction of sp³-hybridized carbons (Fsp3) is 0.227. The molecule has 0 saturated heterocycles. The third-order valence-corrected chi connectivity index (χ3v) is 5.91. The number of hydrogen-bond donors (Lipinski definition) is 2. The third kappa shape index (κ3) is 5.31. The molecule has 2 aromatic rings. The second-order valence-corrected chi connectivity index (χ2v) is 8.45. The lowest BCUT2D eigenvalue weighted by Gasteiger charge is -2.26. The number of carbonyl (C=O) groups excluding carboxylic acids is 1. The molecule has 1 aliphatic rings. The summed E-state index contributed by atoms with van der Waals surface area (Å²) in [5.74, 6) is -0.722. The fourth-order valence-corrected chi connectivity index (χ4v) is 4.32. The number of carbonyl (C=O) groups is 2. The lowest BCUT2D eigenvalue weighted by atomic mass is 9.97. The first-order valence-corrected chi connectivity index (χ1v) is 11.1. The SMILES string of the molecule is CCOC(=O)C1=C(C)NC(SCc2ccc(C(=O)O)cc2)=N[C@@H]1c1cccc(Br)c1. The second-order valence-electron chi connectivity index (χ2n) is 6.57. The Kier molecular flexibility index (Phi) is 7.33. The molecule has 2 N–H and O–H groups in total. The Bertz CT molecular complexity index is 1020. The largest absolute Gasteiger partial charge is 0.478 e. The lowest BCUT2D eigenvalue weighted by Crippen LogP contribution is -2.30. The third-order valence-electron chi connectivity index (χ3n) is 4.45. The van der Waals surface area contributed by atoms with E-state index < -0.39 is 12.0 Å². The number of halogens is 1. The molecule has 0 fully saturated rings. The maximum Gasteiger partial charge on any atom is 0.338 e. The van der Waals surface area contributed by atoms with E-state index in [2.05, 4.69) is 21.2 Å². The van der Waals surface area contributed by atoms with Gasteiger partial charge in [0.2, 0.25) is 0 Å². The highest BCUT2D eigenvalue weighted by Crippen LogP contribution is 2.34. The molecule has 3 rings (SSSR count). The van der Waals surface area contributed by atoms with Gasteiger partial charge >= 0.3 is 11.9 Å². The van der Waals surface area contributed by atoms with Crippen LogP contribution in [0.25, 0.3) is 0 Å². The number of hydrogen-bond acceptors (Lipinski definition) is 6. The van der Waals surface area contributed by atoms with Gasteiger partial charge in [0.15, 0.2) is 5.17 Å². The van der Waals surface area contributed by atoms with Crippen LogP contribution in [0.5, 0.6) is 0 Å². The van der Waals surface area contributed by atoms with E-state index >= 15 is 0 Å². The number of aliphatic imine (C=N–C) groups is 1. The van der Waals surface area contributed by atoms with Crippen molar-refractivity contribution in [3.05, 3.63) is 81.0 Å². The molecule has 0 unspecified atom stereocenters. The molecule has 0 aromatic heterocycles. The summed E-state index contributed by atoms with van der Waals surface area (Å²) >= 11 is 4.97. The van der Waals surface area contributed by atoms with Crippen molar-refractivity contribution in [1.29, 1.82) is 0 Å².